The predicted octanol–water partition coefficient (Wildman–Crippen LogP) is 2.19. The third-order valence-corrected chi connectivity index (χ3v) is 5.31. The Balaban J connectivity index is 1.73. The van der Waals surface area contributed by atoms with Gasteiger partial charge in [0.2, 0.25) is 5.91 Å². The zero-order chi connectivity index (χ0) is 18.7. The molecular weight excluding hydrogens is 348 g/mol. The highest BCUT2D eigenvalue weighted by molar-refractivity contribution is 7.10. The Morgan fingerprint density at radius 2 is 1.96 bits per heavy atom. The Morgan fingerprint density at radius 3 is 2.62 bits per heavy atom. The molecule has 0 aliphatic carbocycles. The molecule has 26 heavy (non-hydrogen) atoms. The fourth-order valence-electron chi connectivity index (χ4n) is 2.93. The lowest BCUT2D eigenvalue weighted by Gasteiger charge is -2.23. The molecule has 3 rings (SSSR count). The molecule has 0 fully saturated rings. The average Bonchev–Trinajstić information content (AvgIpc) is 3.13. The number of nitrogens with zero attached hydrogens (tertiary/aromatic N) is 3. The van der Waals surface area contributed by atoms with Crippen LogP contribution >= 0.6 is 11.3 Å². The number of benzene rings is 1. The molecule has 2 aromatic heterocycles. The van der Waals surface area contributed by atoms with Crippen LogP contribution in [0.25, 0.3) is 10.8 Å². The summed E-state index contributed by atoms with van der Waals surface area (Å²) in [6, 6.07) is 11.5. The maximum Gasteiger partial charge on any atom is 0.275 e. The minimum absolute atomic E-state index is 0.0882. The van der Waals surface area contributed by atoms with Crippen molar-refractivity contribution in [1.82, 2.24) is 20.0 Å². The summed E-state index contributed by atoms with van der Waals surface area (Å²) in [5.74, 6) is -0.224. The number of fused-ring (bicyclic) bond motifs is 1. The van der Waals surface area contributed by atoms with Crippen LogP contribution in [0.1, 0.15) is 16.6 Å². The van der Waals surface area contributed by atoms with Crippen LogP contribution in [0.15, 0.2) is 46.6 Å². The second kappa shape index (κ2) is 7.80. The van der Waals surface area contributed by atoms with Crippen LogP contribution in [0, 0.1) is 6.92 Å². The van der Waals surface area contributed by atoms with Gasteiger partial charge >= 0.3 is 0 Å². The number of hydrogen-bond donors (Lipinski definition) is 1. The van der Waals surface area contributed by atoms with E-state index in [1.54, 1.807) is 17.4 Å². The second-order valence-electron chi connectivity index (χ2n) is 6.39. The summed E-state index contributed by atoms with van der Waals surface area (Å²) in [5.41, 5.74) is 0.488. The highest BCUT2D eigenvalue weighted by atomic mass is 32.1. The molecule has 1 amide bonds. The van der Waals surface area contributed by atoms with E-state index in [0.717, 1.165) is 11.1 Å². The molecule has 3 aromatic rings. The number of carbonyl (C=O) groups excluding carboxylic acids is 1. The fraction of sp³-hybridized carbons (Fsp3) is 0.316. The van der Waals surface area contributed by atoms with Gasteiger partial charge in [0.15, 0.2) is 0 Å². The van der Waals surface area contributed by atoms with Crippen LogP contribution < -0.4 is 10.9 Å². The van der Waals surface area contributed by atoms with E-state index in [9.17, 15) is 9.59 Å². The van der Waals surface area contributed by atoms with Crippen molar-refractivity contribution in [2.45, 2.75) is 19.5 Å². The summed E-state index contributed by atoms with van der Waals surface area (Å²) in [6.45, 7) is 2.23. The van der Waals surface area contributed by atoms with Crippen molar-refractivity contribution in [3.05, 3.63) is 62.7 Å². The van der Waals surface area contributed by atoms with Gasteiger partial charge in [-0.05, 0) is 38.5 Å². The Hall–Kier alpha value is -2.51. The normalized spacial score (nSPS) is 12.5. The Morgan fingerprint density at radius 1 is 1.23 bits per heavy atom. The van der Waals surface area contributed by atoms with Gasteiger partial charge in [-0.2, -0.15) is 5.10 Å². The first-order valence-corrected chi connectivity index (χ1v) is 9.28. The van der Waals surface area contributed by atoms with Crippen molar-refractivity contribution >= 4 is 28.0 Å². The Bertz CT molecular complexity index is 963. The van der Waals surface area contributed by atoms with Crippen molar-refractivity contribution in [3.63, 3.8) is 0 Å². The van der Waals surface area contributed by atoms with Crippen LogP contribution in [-0.2, 0) is 11.3 Å². The first kappa shape index (κ1) is 18.3. The predicted molar refractivity (Wildman–Crippen MR) is 104 cm³/mol. The third kappa shape index (κ3) is 3.84. The van der Waals surface area contributed by atoms with E-state index < -0.39 is 0 Å². The van der Waals surface area contributed by atoms with Gasteiger partial charge in [-0.1, -0.05) is 24.3 Å². The molecule has 1 atom stereocenters. The van der Waals surface area contributed by atoms with E-state index in [-0.39, 0.29) is 24.1 Å². The molecule has 0 saturated heterocycles. The van der Waals surface area contributed by atoms with Gasteiger partial charge in [-0.3, -0.25) is 9.59 Å². The number of amides is 1. The summed E-state index contributed by atoms with van der Waals surface area (Å²) in [4.78, 5) is 28.2. The monoisotopic (exact) mass is 370 g/mol. The van der Waals surface area contributed by atoms with Crippen molar-refractivity contribution in [2.75, 3.05) is 20.6 Å². The number of aryl methyl sites for hydroxylation is 1. The molecule has 1 aromatic carbocycles. The molecule has 6 nitrogen and oxygen atoms in total. The zero-order valence-electron chi connectivity index (χ0n) is 15.1. The zero-order valence-corrected chi connectivity index (χ0v) is 15.9. The lowest BCUT2D eigenvalue weighted by atomic mass is 10.1. The SMILES string of the molecule is Cc1nn(CC(=O)NC[C@H](c2cccs2)N(C)C)c(=O)c2ccccc12. The Kier molecular flexibility index (Phi) is 5.49. The topological polar surface area (TPSA) is 67.2 Å². The molecule has 0 spiro atoms. The first-order chi connectivity index (χ1) is 12.5. The minimum atomic E-state index is -0.247. The molecule has 0 aliphatic heterocycles. The van der Waals surface area contributed by atoms with Crippen molar-refractivity contribution in [1.29, 1.82) is 0 Å². The van der Waals surface area contributed by atoms with Crippen LogP contribution in [0.5, 0.6) is 0 Å². The third-order valence-electron chi connectivity index (χ3n) is 4.33. The van der Waals surface area contributed by atoms with Gasteiger partial charge in [0.05, 0.1) is 17.1 Å². The average molecular weight is 370 g/mol. The number of rotatable bonds is 6. The number of hydrogen-bond acceptors (Lipinski definition) is 5. The number of likely N-dealkylation sites (N-methyl/N-ethyl adjacent to an activating group) is 1. The van der Waals surface area contributed by atoms with Crippen LogP contribution in [0.3, 0.4) is 0 Å². The number of thiophene rings is 1. The number of aromatic nitrogens is 2. The van der Waals surface area contributed by atoms with E-state index >= 15 is 0 Å². The van der Waals surface area contributed by atoms with E-state index in [0.29, 0.717) is 11.9 Å². The molecule has 7 heteroatoms. The van der Waals surface area contributed by atoms with Gasteiger partial charge in [-0.15, -0.1) is 11.3 Å². The van der Waals surface area contributed by atoms with E-state index in [2.05, 4.69) is 21.4 Å². The summed E-state index contributed by atoms with van der Waals surface area (Å²) in [6.07, 6.45) is 0. The van der Waals surface area contributed by atoms with E-state index in [1.165, 1.54) is 9.56 Å². The van der Waals surface area contributed by atoms with E-state index in [4.69, 9.17) is 0 Å². The van der Waals surface area contributed by atoms with Gasteiger partial charge in [0, 0.05) is 16.8 Å². The summed E-state index contributed by atoms with van der Waals surface area (Å²) >= 11 is 1.66. The standard InChI is InChI=1S/C19H22N4O2S/c1-13-14-7-4-5-8-15(14)19(25)23(21-13)12-18(24)20-11-16(22(2)3)17-9-6-10-26-17/h4-10,16H,11-12H2,1-3H3,(H,20,24)/t16-/m1/s1. The maximum absolute atomic E-state index is 12.6. The first-order valence-electron chi connectivity index (χ1n) is 8.40. The highest BCUT2D eigenvalue weighted by Crippen LogP contribution is 2.22. The fourth-order valence-corrected chi connectivity index (χ4v) is 3.86. The lowest BCUT2D eigenvalue weighted by molar-refractivity contribution is -0.122. The summed E-state index contributed by atoms with van der Waals surface area (Å²) in [5, 5.41) is 10.6. The second-order valence-corrected chi connectivity index (χ2v) is 7.37. The molecule has 0 aliphatic rings. The van der Waals surface area contributed by atoms with E-state index in [1.807, 2.05) is 50.7 Å². The Labute approximate surface area is 156 Å². The van der Waals surface area contributed by atoms with Gasteiger partial charge < -0.3 is 10.2 Å². The summed E-state index contributed by atoms with van der Waals surface area (Å²) < 4.78 is 1.24. The van der Waals surface area contributed by atoms with Crippen LogP contribution in [0.2, 0.25) is 0 Å². The lowest BCUT2D eigenvalue weighted by Crippen LogP contribution is -2.38. The summed E-state index contributed by atoms with van der Waals surface area (Å²) in [7, 11) is 3.96. The van der Waals surface area contributed by atoms with Crippen LogP contribution in [0.4, 0.5) is 0 Å². The molecular formula is C19H22N4O2S. The smallest absolute Gasteiger partial charge is 0.275 e. The highest BCUT2D eigenvalue weighted by Gasteiger charge is 2.17. The van der Waals surface area contributed by atoms with Gasteiger partial charge in [-0.25, -0.2) is 4.68 Å². The van der Waals surface area contributed by atoms with Crippen molar-refractivity contribution < 1.29 is 4.79 Å². The maximum atomic E-state index is 12.6. The quantitative estimate of drug-likeness (QED) is 0.722. The molecule has 0 unspecified atom stereocenters. The molecule has 1 N–H and O–H groups in total. The molecule has 0 bridgehead atoms. The van der Waals surface area contributed by atoms with Crippen molar-refractivity contribution in [2.24, 2.45) is 0 Å². The van der Waals surface area contributed by atoms with Crippen LogP contribution in [-0.4, -0.2) is 41.2 Å². The molecule has 0 radical (unpaired) electrons. The largest absolute Gasteiger partial charge is 0.353 e. The minimum Gasteiger partial charge on any atom is -0.353 e. The van der Waals surface area contributed by atoms with Crippen molar-refractivity contribution in [3.8, 4) is 0 Å². The number of nitrogens with one attached hydrogen (secondary N) is 1. The molecule has 136 valence electrons. The van der Waals surface area contributed by atoms with Gasteiger partial charge in [0.25, 0.3) is 5.56 Å². The van der Waals surface area contributed by atoms with Gasteiger partial charge in [0.1, 0.15) is 6.54 Å². The number of carbonyl (C=O) groups is 1. The molecule has 0 saturated carbocycles. The molecule has 2 heterocycles.